The number of carbonyl (C=O) groups excluding carboxylic acids is 1. The van der Waals surface area contributed by atoms with Gasteiger partial charge in [-0.15, -0.1) is 0 Å². The molecule has 0 bridgehead atoms. The Balaban J connectivity index is 2.60. The second-order valence-electron chi connectivity index (χ2n) is 4.17. The molecule has 0 aliphatic carbocycles. The molecule has 1 aromatic heterocycles. The van der Waals surface area contributed by atoms with Crippen LogP contribution in [0.4, 0.5) is 0 Å². The van der Waals surface area contributed by atoms with Crippen LogP contribution in [0.25, 0.3) is 0 Å². The molecule has 0 spiro atoms. The molecule has 0 saturated carbocycles. The lowest BCUT2D eigenvalue weighted by Gasteiger charge is -2.05. The maximum Gasteiger partial charge on any atom is 0.267 e. The normalized spacial score (nSPS) is 11.5. The average Bonchev–Trinajstić information content (AvgIpc) is 2.70. The molecule has 0 aliphatic rings. The van der Waals surface area contributed by atoms with Crippen LogP contribution in [0.1, 0.15) is 23.3 Å². The van der Waals surface area contributed by atoms with Crippen molar-refractivity contribution in [2.24, 2.45) is 12.2 Å². The largest absolute Gasteiger partial charge is 0.385 e. The van der Waals surface area contributed by atoms with Crippen molar-refractivity contribution in [3.63, 3.8) is 0 Å². The van der Waals surface area contributed by atoms with Gasteiger partial charge in [0.05, 0.1) is 0 Å². The third-order valence-electron chi connectivity index (χ3n) is 2.60. The number of hydrogen-bond acceptors (Lipinski definition) is 4. The van der Waals surface area contributed by atoms with E-state index in [0.717, 1.165) is 12.8 Å². The van der Waals surface area contributed by atoms with E-state index in [2.05, 4.69) is 5.32 Å². The molecule has 0 unspecified atom stereocenters. The standard InChI is InChI=1S/C11H19N3O4S/c1-14-8-9(19(12,16)17)7-10(14)11(15)13-5-3-4-6-18-2/h7-8H,3-6H2,1-2H3,(H,13,15)(H2,12,16,17). The molecule has 19 heavy (non-hydrogen) atoms. The fourth-order valence-electron chi connectivity index (χ4n) is 1.58. The zero-order valence-electron chi connectivity index (χ0n) is 11.0. The Hall–Kier alpha value is -1.38. The van der Waals surface area contributed by atoms with E-state index in [-0.39, 0.29) is 16.5 Å². The predicted octanol–water partition coefficient (Wildman–Crippen LogP) is -0.171. The van der Waals surface area contributed by atoms with E-state index >= 15 is 0 Å². The number of aryl methyl sites for hydroxylation is 1. The van der Waals surface area contributed by atoms with Crippen molar-refractivity contribution in [1.29, 1.82) is 0 Å². The lowest BCUT2D eigenvalue weighted by atomic mass is 10.3. The van der Waals surface area contributed by atoms with Gasteiger partial charge in [-0.05, 0) is 18.9 Å². The van der Waals surface area contributed by atoms with Gasteiger partial charge in [0.1, 0.15) is 10.6 Å². The second-order valence-corrected chi connectivity index (χ2v) is 5.73. The first-order valence-electron chi connectivity index (χ1n) is 5.82. The van der Waals surface area contributed by atoms with Gasteiger partial charge in [-0.25, -0.2) is 13.6 Å². The highest BCUT2D eigenvalue weighted by atomic mass is 32.2. The van der Waals surface area contributed by atoms with Crippen LogP contribution in [-0.2, 0) is 21.8 Å². The topological polar surface area (TPSA) is 103 Å². The average molecular weight is 289 g/mol. The summed E-state index contributed by atoms with van der Waals surface area (Å²) in [5.41, 5.74) is 0.260. The Bertz CT molecular complexity index is 536. The maximum atomic E-state index is 11.8. The summed E-state index contributed by atoms with van der Waals surface area (Å²) in [5, 5.41) is 7.72. The van der Waals surface area contributed by atoms with Crippen molar-refractivity contribution in [1.82, 2.24) is 9.88 Å². The van der Waals surface area contributed by atoms with Gasteiger partial charge in [-0.3, -0.25) is 4.79 Å². The summed E-state index contributed by atoms with van der Waals surface area (Å²) in [6.45, 7) is 1.16. The van der Waals surface area contributed by atoms with Gasteiger partial charge in [0.15, 0.2) is 0 Å². The molecule has 7 nitrogen and oxygen atoms in total. The van der Waals surface area contributed by atoms with Crippen LogP contribution in [0.15, 0.2) is 17.2 Å². The molecule has 1 aromatic rings. The van der Waals surface area contributed by atoms with Gasteiger partial charge in [-0.2, -0.15) is 0 Å². The van der Waals surface area contributed by atoms with Crippen molar-refractivity contribution < 1.29 is 17.9 Å². The maximum absolute atomic E-state index is 11.8. The van der Waals surface area contributed by atoms with Crippen LogP contribution in [0, 0.1) is 0 Å². The molecule has 1 amide bonds. The van der Waals surface area contributed by atoms with Crippen LogP contribution in [0.3, 0.4) is 0 Å². The molecule has 0 atom stereocenters. The van der Waals surface area contributed by atoms with Crippen LogP contribution in [-0.4, -0.2) is 39.2 Å². The number of rotatable bonds is 7. The van der Waals surface area contributed by atoms with E-state index < -0.39 is 10.0 Å². The van der Waals surface area contributed by atoms with Gasteiger partial charge in [-0.1, -0.05) is 0 Å². The molecule has 108 valence electrons. The number of amides is 1. The number of hydrogen-bond donors (Lipinski definition) is 2. The number of nitrogens with zero attached hydrogens (tertiary/aromatic N) is 1. The molecule has 0 saturated heterocycles. The van der Waals surface area contributed by atoms with Crippen molar-refractivity contribution in [3.05, 3.63) is 18.0 Å². The number of carbonyl (C=O) groups is 1. The number of ether oxygens (including phenoxy) is 1. The third-order valence-corrected chi connectivity index (χ3v) is 3.48. The minimum Gasteiger partial charge on any atom is -0.385 e. The van der Waals surface area contributed by atoms with E-state index in [9.17, 15) is 13.2 Å². The van der Waals surface area contributed by atoms with Crippen LogP contribution >= 0.6 is 0 Å². The highest BCUT2D eigenvalue weighted by Crippen LogP contribution is 2.11. The molecule has 0 aromatic carbocycles. The van der Waals surface area contributed by atoms with Gasteiger partial charge < -0.3 is 14.6 Å². The Morgan fingerprint density at radius 1 is 1.47 bits per heavy atom. The number of nitrogens with two attached hydrogens (primary N) is 1. The zero-order chi connectivity index (χ0) is 14.5. The molecule has 3 N–H and O–H groups in total. The SMILES string of the molecule is COCCCCNC(=O)c1cc(S(N)(=O)=O)cn1C. The molecule has 1 heterocycles. The lowest BCUT2D eigenvalue weighted by molar-refractivity contribution is 0.0943. The Morgan fingerprint density at radius 3 is 2.68 bits per heavy atom. The predicted molar refractivity (Wildman–Crippen MR) is 70.2 cm³/mol. The van der Waals surface area contributed by atoms with Crippen LogP contribution in [0.5, 0.6) is 0 Å². The second kappa shape index (κ2) is 6.69. The number of sulfonamides is 1. The van der Waals surface area contributed by atoms with E-state index in [1.165, 1.54) is 16.8 Å². The first kappa shape index (κ1) is 15.7. The van der Waals surface area contributed by atoms with E-state index in [4.69, 9.17) is 9.88 Å². The Kier molecular flexibility index (Phi) is 5.52. The summed E-state index contributed by atoms with van der Waals surface area (Å²) < 4.78 is 28.7. The summed E-state index contributed by atoms with van der Waals surface area (Å²) in [6.07, 6.45) is 2.97. The Morgan fingerprint density at radius 2 is 2.16 bits per heavy atom. The van der Waals surface area contributed by atoms with Crippen molar-refractivity contribution in [2.45, 2.75) is 17.7 Å². The summed E-state index contributed by atoms with van der Waals surface area (Å²) >= 11 is 0. The smallest absolute Gasteiger partial charge is 0.267 e. The molecule has 0 aliphatic heterocycles. The van der Waals surface area contributed by atoms with Gasteiger partial charge >= 0.3 is 0 Å². The molecule has 8 heteroatoms. The fraction of sp³-hybridized carbons (Fsp3) is 0.545. The highest BCUT2D eigenvalue weighted by Gasteiger charge is 2.16. The van der Waals surface area contributed by atoms with E-state index in [1.54, 1.807) is 14.2 Å². The van der Waals surface area contributed by atoms with Crippen LogP contribution in [0.2, 0.25) is 0 Å². The number of aromatic nitrogens is 1. The third kappa shape index (κ3) is 4.66. The molecular formula is C11H19N3O4S. The lowest BCUT2D eigenvalue weighted by Crippen LogP contribution is -2.26. The van der Waals surface area contributed by atoms with Crippen LogP contribution < -0.4 is 10.5 Å². The van der Waals surface area contributed by atoms with Gasteiger partial charge in [0.2, 0.25) is 10.0 Å². The van der Waals surface area contributed by atoms with Crippen molar-refractivity contribution in [3.8, 4) is 0 Å². The first-order valence-corrected chi connectivity index (χ1v) is 7.37. The monoisotopic (exact) mass is 289 g/mol. The number of unbranched alkanes of at least 4 members (excludes halogenated alkanes) is 1. The summed E-state index contributed by atoms with van der Waals surface area (Å²) in [4.78, 5) is 11.8. The minimum atomic E-state index is -3.79. The summed E-state index contributed by atoms with van der Waals surface area (Å²) in [7, 11) is -0.574. The molecular weight excluding hydrogens is 270 g/mol. The van der Waals surface area contributed by atoms with E-state index in [0.29, 0.717) is 13.2 Å². The number of nitrogens with one attached hydrogen (secondary N) is 1. The zero-order valence-corrected chi connectivity index (χ0v) is 11.9. The van der Waals surface area contributed by atoms with Gasteiger partial charge in [0, 0.05) is 33.5 Å². The molecule has 0 radical (unpaired) electrons. The Labute approximate surface area is 112 Å². The fourth-order valence-corrected chi connectivity index (χ4v) is 2.16. The molecule has 1 rings (SSSR count). The summed E-state index contributed by atoms with van der Waals surface area (Å²) in [5.74, 6) is -0.324. The number of primary sulfonamides is 1. The first-order chi connectivity index (χ1) is 8.86. The summed E-state index contributed by atoms with van der Waals surface area (Å²) in [6, 6.07) is 1.26. The highest BCUT2D eigenvalue weighted by molar-refractivity contribution is 7.89. The minimum absolute atomic E-state index is 0.0699. The quantitative estimate of drug-likeness (QED) is 0.680. The van der Waals surface area contributed by atoms with E-state index in [1.807, 2.05) is 0 Å². The van der Waals surface area contributed by atoms with Crippen molar-refractivity contribution in [2.75, 3.05) is 20.3 Å². The molecule has 0 fully saturated rings. The number of methoxy groups -OCH3 is 1. The van der Waals surface area contributed by atoms with Gasteiger partial charge in [0.25, 0.3) is 5.91 Å². The van der Waals surface area contributed by atoms with Crippen molar-refractivity contribution >= 4 is 15.9 Å².